The molecule has 6 heteroatoms. The predicted octanol–water partition coefficient (Wildman–Crippen LogP) is 1.31. The molecule has 0 aliphatic rings. The van der Waals surface area contributed by atoms with Gasteiger partial charge in [-0.15, -0.1) is 0 Å². The fourth-order valence-corrected chi connectivity index (χ4v) is 2.68. The number of carbonyl (C=O) groups excluding carboxylic acids is 1. The lowest BCUT2D eigenvalue weighted by molar-refractivity contribution is 0.100. The highest BCUT2D eigenvalue weighted by Gasteiger charge is 2.11. The van der Waals surface area contributed by atoms with Gasteiger partial charge >= 0.3 is 6.92 Å². The van der Waals surface area contributed by atoms with Crippen molar-refractivity contribution >= 4 is 29.3 Å². The number of benzene rings is 2. The van der Waals surface area contributed by atoms with Crippen LogP contribution in [0.5, 0.6) is 0 Å². The lowest BCUT2D eigenvalue weighted by atomic mass is 9.64. The largest absolute Gasteiger partial charge is 0.447 e. The molecule has 116 valence electrons. The number of primary amides is 1. The van der Waals surface area contributed by atoms with Crippen LogP contribution in [0.2, 0.25) is 6.82 Å². The van der Waals surface area contributed by atoms with Gasteiger partial charge in [0.1, 0.15) is 5.82 Å². The summed E-state index contributed by atoms with van der Waals surface area (Å²) in [6.07, 6.45) is 0. The third kappa shape index (κ3) is 2.98. The Kier molecular flexibility index (Phi) is 3.92. The summed E-state index contributed by atoms with van der Waals surface area (Å²) in [5, 5.41) is 9.58. The number of fused-ring (bicyclic) bond motifs is 1. The van der Waals surface area contributed by atoms with E-state index in [1.165, 1.54) is 0 Å². The van der Waals surface area contributed by atoms with Crippen LogP contribution >= 0.6 is 0 Å². The van der Waals surface area contributed by atoms with E-state index in [0.717, 1.165) is 27.9 Å². The number of imidazole rings is 1. The molecule has 1 heterocycles. The molecule has 1 aromatic heterocycles. The van der Waals surface area contributed by atoms with Gasteiger partial charge < -0.3 is 15.3 Å². The minimum Gasteiger partial charge on any atom is -0.447 e. The first-order valence-electron chi connectivity index (χ1n) is 7.49. The number of aromatic nitrogens is 2. The second-order valence-corrected chi connectivity index (χ2v) is 5.73. The molecule has 0 bridgehead atoms. The van der Waals surface area contributed by atoms with E-state index in [9.17, 15) is 9.82 Å². The predicted molar refractivity (Wildman–Crippen MR) is 92.0 cm³/mol. The second-order valence-electron chi connectivity index (χ2n) is 5.73. The molecular formula is C17H18BN3O2. The standard InChI is InChI=1S/C17H18BN3O2/c1-11-20-15-8-5-13(17(19)22)9-16(15)21(11)10-12-3-6-14(7-4-12)18(2)23/h3-9,23H,10H2,1-2H3,(H2,19,22). The van der Waals surface area contributed by atoms with Crippen molar-refractivity contribution in [3.8, 4) is 0 Å². The molecule has 0 aliphatic heterocycles. The fraction of sp³-hybridized carbons (Fsp3) is 0.176. The van der Waals surface area contributed by atoms with Gasteiger partial charge in [-0.05, 0) is 36.1 Å². The molecule has 2 aromatic carbocycles. The highest BCUT2D eigenvalue weighted by atomic mass is 16.2. The van der Waals surface area contributed by atoms with Crippen molar-refractivity contribution < 1.29 is 9.82 Å². The molecule has 0 radical (unpaired) electrons. The summed E-state index contributed by atoms with van der Waals surface area (Å²) >= 11 is 0. The number of carbonyl (C=O) groups is 1. The molecule has 3 N–H and O–H groups in total. The highest BCUT2D eigenvalue weighted by Crippen LogP contribution is 2.19. The van der Waals surface area contributed by atoms with E-state index in [1.807, 2.05) is 37.3 Å². The Balaban J connectivity index is 2.00. The van der Waals surface area contributed by atoms with Crippen molar-refractivity contribution in [2.24, 2.45) is 5.73 Å². The summed E-state index contributed by atoms with van der Waals surface area (Å²) in [4.78, 5) is 15.9. The van der Waals surface area contributed by atoms with Crippen LogP contribution in [0.4, 0.5) is 0 Å². The monoisotopic (exact) mass is 307 g/mol. The van der Waals surface area contributed by atoms with Gasteiger partial charge in [0.25, 0.3) is 0 Å². The Hall–Kier alpha value is -2.60. The van der Waals surface area contributed by atoms with Gasteiger partial charge in [-0.25, -0.2) is 4.98 Å². The van der Waals surface area contributed by atoms with Gasteiger partial charge in [-0.2, -0.15) is 0 Å². The third-order valence-corrected chi connectivity index (χ3v) is 4.03. The maximum atomic E-state index is 11.4. The number of amides is 1. The van der Waals surface area contributed by atoms with Gasteiger partial charge in [0, 0.05) is 12.1 Å². The Bertz CT molecular complexity index is 869. The van der Waals surface area contributed by atoms with E-state index in [1.54, 1.807) is 19.0 Å². The zero-order valence-electron chi connectivity index (χ0n) is 13.2. The van der Waals surface area contributed by atoms with E-state index in [-0.39, 0.29) is 0 Å². The minimum atomic E-state index is -0.474. The lowest BCUT2D eigenvalue weighted by Gasteiger charge is -2.09. The van der Waals surface area contributed by atoms with Gasteiger partial charge in [0.2, 0.25) is 5.91 Å². The quantitative estimate of drug-likeness (QED) is 0.713. The van der Waals surface area contributed by atoms with Crippen LogP contribution < -0.4 is 11.2 Å². The molecule has 23 heavy (non-hydrogen) atoms. The van der Waals surface area contributed by atoms with Crippen LogP contribution in [0.1, 0.15) is 21.7 Å². The van der Waals surface area contributed by atoms with Crippen LogP contribution in [0.3, 0.4) is 0 Å². The first-order valence-corrected chi connectivity index (χ1v) is 7.49. The molecule has 0 fully saturated rings. The average Bonchev–Trinajstić information content (AvgIpc) is 2.83. The lowest BCUT2D eigenvalue weighted by Crippen LogP contribution is -2.25. The highest BCUT2D eigenvalue weighted by molar-refractivity contribution is 6.64. The summed E-state index contributed by atoms with van der Waals surface area (Å²) < 4.78 is 2.05. The second kappa shape index (κ2) is 5.89. The molecular weight excluding hydrogens is 289 g/mol. The molecule has 1 amide bonds. The summed E-state index contributed by atoms with van der Waals surface area (Å²) in [5.74, 6) is 0.430. The van der Waals surface area contributed by atoms with Crippen molar-refractivity contribution in [2.75, 3.05) is 0 Å². The Labute approximate surface area is 134 Å². The first kappa shape index (κ1) is 15.3. The van der Waals surface area contributed by atoms with Gasteiger partial charge in [-0.3, -0.25) is 4.79 Å². The van der Waals surface area contributed by atoms with E-state index in [2.05, 4.69) is 9.55 Å². The van der Waals surface area contributed by atoms with E-state index >= 15 is 0 Å². The number of hydrogen-bond donors (Lipinski definition) is 2. The molecule has 0 unspecified atom stereocenters. The van der Waals surface area contributed by atoms with Crippen LogP contribution in [0, 0.1) is 6.92 Å². The maximum Gasteiger partial charge on any atom is 0.320 e. The minimum absolute atomic E-state index is 0.446. The van der Waals surface area contributed by atoms with Crippen molar-refractivity contribution in [1.82, 2.24) is 9.55 Å². The van der Waals surface area contributed by atoms with E-state index in [0.29, 0.717) is 12.1 Å². The summed E-state index contributed by atoms with van der Waals surface area (Å²) in [7, 11) is 0. The smallest absolute Gasteiger partial charge is 0.320 e. The number of rotatable bonds is 4. The topological polar surface area (TPSA) is 81.1 Å². The zero-order chi connectivity index (χ0) is 16.6. The summed E-state index contributed by atoms with van der Waals surface area (Å²) in [6, 6.07) is 13.1. The third-order valence-electron chi connectivity index (χ3n) is 4.03. The van der Waals surface area contributed by atoms with Gasteiger partial charge in [0.05, 0.1) is 11.0 Å². The van der Waals surface area contributed by atoms with Crippen LogP contribution in [-0.2, 0) is 6.54 Å². The molecule has 0 spiro atoms. The summed E-state index contributed by atoms with van der Waals surface area (Å²) in [5.41, 5.74) is 9.55. The van der Waals surface area contributed by atoms with Gasteiger partial charge in [-0.1, -0.05) is 31.1 Å². The molecule has 0 aliphatic carbocycles. The Morgan fingerprint density at radius 1 is 1.26 bits per heavy atom. The first-order chi connectivity index (χ1) is 11.0. The molecule has 0 saturated heterocycles. The fourth-order valence-electron chi connectivity index (χ4n) is 2.68. The van der Waals surface area contributed by atoms with Crippen molar-refractivity contribution in [3.63, 3.8) is 0 Å². The van der Waals surface area contributed by atoms with Gasteiger partial charge in [0.15, 0.2) is 0 Å². The molecule has 3 aromatic rings. The summed E-state index contributed by atoms with van der Waals surface area (Å²) in [6.45, 7) is 3.85. The van der Waals surface area contributed by atoms with Crippen molar-refractivity contribution in [2.45, 2.75) is 20.3 Å². The molecule has 3 rings (SSSR count). The molecule has 0 atom stereocenters. The van der Waals surface area contributed by atoms with E-state index < -0.39 is 12.8 Å². The number of hydrogen-bond acceptors (Lipinski definition) is 3. The Morgan fingerprint density at radius 3 is 2.57 bits per heavy atom. The van der Waals surface area contributed by atoms with E-state index in [4.69, 9.17) is 5.73 Å². The maximum absolute atomic E-state index is 11.4. The van der Waals surface area contributed by atoms with Crippen LogP contribution in [0.25, 0.3) is 11.0 Å². The zero-order valence-corrected chi connectivity index (χ0v) is 13.2. The molecule has 0 saturated carbocycles. The van der Waals surface area contributed by atoms with Crippen LogP contribution in [-0.4, -0.2) is 27.4 Å². The van der Waals surface area contributed by atoms with Crippen LogP contribution in [0.15, 0.2) is 42.5 Å². The average molecular weight is 307 g/mol. The normalized spacial score (nSPS) is 10.9. The van der Waals surface area contributed by atoms with Crippen molar-refractivity contribution in [3.05, 3.63) is 59.4 Å². The number of aryl methyl sites for hydroxylation is 1. The number of nitrogens with two attached hydrogens (primary N) is 1. The number of nitrogens with zero attached hydrogens (tertiary/aromatic N) is 2. The Morgan fingerprint density at radius 2 is 1.96 bits per heavy atom. The molecule has 5 nitrogen and oxygen atoms in total. The SMILES string of the molecule is CB(O)c1ccc(Cn2c(C)nc3ccc(C(N)=O)cc32)cc1. The van der Waals surface area contributed by atoms with Crippen molar-refractivity contribution in [1.29, 1.82) is 0 Å².